The van der Waals surface area contributed by atoms with E-state index in [1.807, 2.05) is 6.20 Å². The quantitative estimate of drug-likeness (QED) is 0.805. The zero-order valence-electron chi connectivity index (χ0n) is 12.5. The molecule has 0 bridgehead atoms. The number of aromatic nitrogens is 3. The van der Waals surface area contributed by atoms with E-state index in [0.717, 1.165) is 38.3 Å². The first-order chi connectivity index (χ1) is 10.2. The Morgan fingerprint density at radius 2 is 2.38 bits per heavy atom. The fraction of sp³-hybridized carbons (Fsp3) is 0.533. The molecule has 21 heavy (non-hydrogen) atoms. The number of likely N-dealkylation sites (N-methyl/N-ethyl adjacent to an activating group) is 1. The van der Waals surface area contributed by atoms with Crippen LogP contribution in [0.4, 0.5) is 0 Å². The number of hydrogen-bond donors (Lipinski definition) is 0. The molecule has 0 spiro atoms. The molecule has 0 aromatic carbocycles. The van der Waals surface area contributed by atoms with Crippen molar-refractivity contribution in [2.24, 2.45) is 0 Å². The first kappa shape index (κ1) is 14.0. The van der Waals surface area contributed by atoms with Gasteiger partial charge in [-0.25, -0.2) is 14.3 Å². The number of esters is 1. The van der Waals surface area contributed by atoms with Crippen molar-refractivity contribution in [3.8, 4) is 0 Å². The molecular weight excluding hydrogens is 268 g/mol. The van der Waals surface area contributed by atoms with Crippen LogP contribution in [0.25, 0.3) is 5.65 Å². The van der Waals surface area contributed by atoms with E-state index in [1.165, 1.54) is 7.11 Å². The van der Waals surface area contributed by atoms with Crippen LogP contribution >= 0.6 is 0 Å². The summed E-state index contributed by atoms with van der Waals surface area (Å²) in [5.41, 5.74) is 1.04. The van der Waals surface area contributed by atoms with Gasteiger partial charge in [0.15, 0.2) is 11.5 Å². The number of nitrogens with zero attached hydrogens (tertiary/aromatic N) is 4. The molecule has 0 saturated carbocycles. The van der Waals surface area contributed by atoms with Gasteiger partial charge in [-0.05, 0) is 38.1 Å². The highest BCUT2D eigenvalue weighted by Crippen LogP contribution is 2.25. The van der Waals surface area contributed by atoms with Gasteiger partial charge in [-0.3, -0.25) is 0 Å². The highest BCUT2D eigenvalue weighted by Gasteiger charge is 2.25. The summed E-state index contributed by atoms with van der Waals surface area (Å²) in [6.07, 6.45) is 4.08. The van der Waals surface area contributed by atoms with Gasteiger partial charge in [-0.15, -0.1) is 0 Å². The highest BCUT2D eigenvalue weighted by atomic mass is 16.5. The molecule has 0 N–H and O–H groups in total. The van der Waals surface area contributed by atoms with E-state index in [1.54, 1.807) is 16.6 Å². The van der Waals surface area contributed by atoms with Gasteiger partial charge in [0.2, 0.25) is 0 Å². The predicted octanol–water partition coefficient (Wildman–Crippen LogP) is 1.72. The SMILES string of the molecule is CCN1CCCC(c2nc3c(C(=O)OC)cccn3n2)C1. The Balaban J connectivity index is 1.95. The average molecular weight is 288 g/mol. The monoisotopic (exact) mass is 288 g/mol. The molecule has 3 rings (SSSR count). The lowest BCUT2D eigenvalue weighted by molar-refractivity contribution is 0.0602. The summed E-state index contributed by atoms with van der Waals surface area (Å²) in [6.45, 7) is 5.36. The van der Waals surface area contributed by atoms with Gasteiger partial charge in [0.25, 0.3) is 0 Å². The minimum absolute atomic E-state index is 0.337. The Kier molecular flexibility index (Phi) is 3.88. The smallest absolute Gasteiger partial charge is 0.341 e. The number of ether oxygens (including phenoxy) is 1. The van der Waals surface area contributed by atoms with Crippen molar-refractivity contribution in [3.05, 3.63) is 29.7 Å². The minimum Gasteiger partial charge on any atom is -0.465 e. The normalized spacial score (nSPS) is 19.8. The molecule has 112 valence electrons. The summed E-state index contributed by atoms with van der Waals surface area (Å²) in [7, 11) is 1.38. The lowest BCUT2D eigenvalue weighted by atomic mass is 9.97. The Hall–Kier alpha value is -1.95. The highest BCUT2D eigenvalue weighted by molar-refractivity contribution is 5.95. The standard InChI is InChI=1S/C15H20N4O2/c1-3-18-8-4-6-11(10-18)13-16-14-12(15(20)21-2)7-5-9-19(14)17-13/h5,7,9,11H,3-4,6,8,10H2,1-2H3. The lowest BCUT2D eigenvalue weighted by Crippen LogP contribution is -2.34. The molecule has 3 heterocycles. The zero-order valence-corrected chi connectivity index (χ0v) is 12.5. The molecule has 1 aliphatic rings. The van der Waals surface area contributed by atoms with Crippen molar-refractivity contribution in [1.29, 1.82) is 0 Å². The van der Waals surface area contributed by atoms with Crippen LogP contribution in [-0.2, 0) is 4.74 Å². The molecule has 0 aliphatic carbocycles. The Morgan fingerprint density at radius 1 is 1.52 bits per heavy atom. The van der Waals surface area contributed by atoms with E-state index < -0.39 is 0 Å². The largest absolute Gasteiger partial charge is 0.465 e. The lowest BCUT2D eigenvalue weighted by Gasteiger charge is -2.30. The van der Waals surface area contributed by atoms with Gasteiger partial charge in [0, 0.05) is 18.7 Å². The number of rotatable bonds is 3. The van der Waals surface area contributed by atoms with Crippen molar-refractivity contribution in [2.75, 3.05) is 26.7 Å². The van der Waals surface area contributed by atoms with E-state index in [0.29, 0.717) is 17.1 Å². The number of hydrogen-bond acceptors (Lipinski definition) is 5. The molecule has 6 heteroatoms. The Bertz CT molecular complexity index is 652. The third-order valence-electron chi connectivity index (χ3n) is 4.10. The maximum atomic E-state index is 11.8. The zero-order chi connectivity index (χ0) is 14.8. The average Bonchev–Trinajstić information content (AvgIpc) is 2.98. The molecule has 1 aliphatic heterocycles. The van der Waals surface area contributed by atoms with Crippen molar-refractivity contribution in [2.45, 2.75) is 25.7 Å². The molecule has 1 atom stereocenters. The van der Waals surface area contributed by atoms with Crippen LogP contribution in [0.3, 0.4) is 0 Å². The van der Waals surface area contributed by atoms with Crippen LogP contribution in [0, 0.1) is 0 Å². The second kappa shape index (κ2) is 5.81. The van der Waals surface area contributed by atoms with Gasteiger partial charge < -0.3 is 9.64 Å². The van der Waals surface area contributed by atoms with Crippen molar-refractivity contribution in [1.82, 2.24) is 19.5 Å². The summed E-state index contributed by atoms with van der Waals surface area (Å²) < 4.78 is 6.48. The summed E-state index contributed by atoms with van der Waals surface area (Å²) in [4.78, 5) is 18.8. The predicted molar refractivity (Wildman–Crippen MR) is 78.4 cm³/mol. The number of likely N-dealkylation sites (tertiary alicyclic amines) is 1. The van der Waals surface area contributed by atoms with Crippen LogP contribution in [0.2, 0.25) is 0 Å². The molecule has 2 aromatic heterocycles. The minimum atomic E-state index is -0.377. The van der Waals surface area contributed by atoms with Gasteiger partial charge >= 0.3 is 5.97 Å². The van der Waals surface area contributed by atoms with E-state index >= 15 is 0 Å². The van der Waals surface area contributed by atoms with Crippen LogP contribution in [-0.4, -0.2) is 52.2 Å². The number of piperidine rings is 1. The molecule has 2 aromatic rings. The second-order valence-corrected chi connectivity index (χ2v) is 5.38. The molecule has 1 fully saturated rings. The maximum Gasteiger partial charge on any atom is 0.341 e. The van der Waals surface area contributed by atoms with Crippen molar-refractivity contribution >= 4 is 11.6 Å². The topological polar surface area (TPSA) is 59.7 Å². The third kappa shape index (κ3) is 2.63. The summed E-state index contributed by atoms with van der Waals surface area (Å²) in [5.74, 6) is 0.784. The number of carbonyl (C=O) groups is 1. The van der Waals surface area contributed by atoms with E-state index in [4.69, 9.17) is 4.74 Å². The first-order valence-electron chi connectivity index (χ1n) is 7.39. The van der Waals surface area contributed by atoms with Gasteiger partial charge in [-0.2, -0.15) is 5.10 Å². The number of pyridine rings is 1. The Labute approximate surface area is 123 Å². The summed E-state index contributed by atoms with van der Waals surface area (Å²) >= 11 is 0. The molecular formula is C15H20N4O2. The van der Waals surface area contributed by atoms with Gasteiger partial charge in [-0.1, -0.05) is 6.92 Å². The summed E-state index contributed by atoms with van der Waals surface area (Å²) in [5, 5.41) is 4.55. The number of methoxy groups -OCH3 is 1. The fourth-order valence-corrected chi connectivity index (χ4v) is 2.92. The van der Waals surface area contributed by atoms with Crippen LogP contribution in [0.5, 0.6) is 0 Å². The van der Waals surface area contributed by atoms with Crippen LogP contribution in [0.15, 0.2) is 18.3 Å². The molecule has 0 amide bonds. The first-order valence-corrected chi connectivity index (χ1v) is 7.39. The maximum absolute atomic E-state index is 11.8. The molecule has 1 unspecified atom stereocenters. The Morgan fingerprint density at radius 3 is 3.14 bits per heavy atom. The molecule has 1 saturated heterocycles. The fourth-order valence-electron chi connectivity index (χ4n) is 2.92. The summed E-state index contributed by atoms with van der Waals surface area (Å²) in [6, 6.07) is 3.51. The van der Waals surface area contributed by atoms with E-state index in [2.05, 4.69) is 21.9 Å². The van der Waals surface area contributed by atoms with Gasteiger partial charge in [0.1, 0.15) is 5.56 Å². The van der Waals surface area contributed by atoms with E-state index in [9.17, 15) is 4.79 Å². The number of fused-ring (bicyclic) bond motifs is 1. The van der Waals surface area contributed by atoms with Crippen molar-refractivity contribution in [3.63, 3.8) is 0 Å². The number of carbonyl (C=O) groups excluding carboxylic acids is 1. The molecule has 0 radical (unpaired) electrons. The van der Waals surface area contributed by atoms with Crippen molar-refractivity contribution < 1.29 is 9.53 Å². The van der Waals surface area contributed by atoms with E-state index in [-0.39, 0.29) is 5.97 Å². The third-order valence-corrected chi connectivity index (χ3v) is 4.10. The second-order valence-electron chi connectivity index (χ2n) is 5.38. The van der Waals surface area contributed by atoms with Gasteiger partial charge in [0.05, 0.1) is 7.11 Å². The van der Waals surface area contributed by atoms with Crippen LogP contribution in [0.1, 0.15) is 41.9 Å². The molecule has 6 nitrogen and oxygen atoms in total. The van der Waals surface area contributed by atoms with Crippen LogP contribution < -0.4 is 0 Å².